The van der Waals surface area contributed by atoms with E-state index in [4.69, 9.17) is 9.47 Å². The Kier molecular flexibility index (Phi) is 9.31. The summed E-state index contributed by atoms with van der Waals surface area (Å²) in [5, 5.41) is 2.88. The number of benzene rings is 1. The van der Waals surface area contributed by atoms with Gasteiger partial charge in [0, 0.05) is 13.1 Å². The normalized spacial score (nSPS) is 15.5. The van der Waals surface area contributed by atoms with Gasteiger partial charge in [0.1, 0.15) is 11.8 Å². The lowest BCUT2D eigenvalue weighted by Crippen LogP contribution is -2.51. The second kappa shape index (κ2) is 11.7. The molecule has 2 amide bonds. The van der Waals surface area contributed by atoms with Crippen LogP contribution in [0.1, 0.15) is 36.5 Å². The Morgan fingerprint density at radius 2 is 1.93 bits per heavy atom. The van der Waals surface area contributed by atoms with Gasteiger partial charge in [0.15, 0.2) is 0 Å². The van der Waals surface area contributed by atoms with Crippen molar-refractivity contribution in [3.63, 3.8) is 0 Å². The van der Waals surface area contributed by atoms with Crippen LogP contribution < -0.4 is 10.1 Å². The van der Waals surface area contributed by atoms with Gasteiger partial charge >= 0.3 is 5.97 Å². The van der Waals surface area contributed by atoms with Crippen LogP contribution in [0, 0.1) is 5.92 Å². The van der Waals surface area contributed by atoms with E-state index in [-0.39, 0.29) is 23.7 Å². The van der Waals surface area contributed by atoms with Crippen LogP contribution in [0.15, 0.2) is 24.3 Å². The molecule has 1 aliphatic heterocycles. The predicted octanol–water partition coefficient (Wildman–Crippen LogP) is 2.35. The van der Waals surface area contributed by atoms with Crippen molar-refractivity contribution in [3.8, 4) is 5.75 Å². The lowest BCUT2D eigenvalue weighted by molar-refractivity contribution is -0.151. The van der Waals surface area contributed by atoms with Crippen molar-refractivity contribution < 1.29 is 23.9 Å². The first-order chi connectivity index (χ1) is 14.0. The van der Waals surface area contributed by atoms with E-state index in [1.165, 1.54) is 7.11 Å². The fraction of sp³-hybridized carbons (Fsp3) is 0.571. The quantitative estimate of drug-likeness (QED) is 0.615. The van der Waals surface area contributed by atoms with Gasteiger partial charge in [-0.3, -0.25) is 14.4 Å². The zero-order valence-corrected chi connectivity index (χ0v) is 18.1. The number of thioether (sulfide) groups is 1. The zero-order chi connectivity index (χ0) is 21.2. The molecule has 160 valence electrons. The molecular weight excluding hydrogens is 392 g/mol. The standard InChI is InChI=1S/C21H30N2O5S/c1-4-28-21(26)15-9-12-23(13-10-15)20(25)17(11-14-29-3)22-19(24)16-7-5-6-8-18(16)27-2/h5-8,15,17H,4,9-14H2,1-3H3,(H,22,24)/t17-/m1/s1. The van der Waals surface area contributed by atoms with Crippen molar-refractivity contribution in [2.24, 2.45) is 5.92 Å². The molecule has 1 aliphatic rings. The maximum Gasteiger partial charge on any atom is 0.309 e. The number of ether oxygens (including phenoxy) is 2. The highest BCUT2D eigenvalue weighted by molar-refractivity contribution is 7.98. The van der Waals surface area contributed by atoms with E-state index in [1.54, 1.807) is 47.9 Å². The molecule has 0 radical (unpaired) electrons. The topological polar surface area (TPSA) is 84.9 Å². The Hall–Kier alpha value is -2.22. The molecule has 29 heavy (non-hydrogen) atoms. The lowest BCUT2D eigenvalue weighted by atomic mass is 9.96. The molecule has 0 saturated carbocycles. The molecule has 0 unspecified atom stereocenters. The minimum atomic E-state index is -0.612. The summed E-state index contributed by atoms with van der Waals surface area (Å²) in [6.07, 6.45) is 3.67. The lowest BCUT2D eigenvalue weighted by Gasteiger charge is -2.33. The third-order valence-electron chi connectivity index (χ3n) is 4.99. The number of hydrogen-bond donors (Lipinski definition) is 1. The minimum absolute atomic E-state index is 0.107. The van der Waals surface area contributed by atoms with E-state index in [9.17, 15) is 14.4 Å². The first kappa shape index (κ1) is 23.1. The second-order valence-corrected chi connectivity index (χ2v) is 7.85. The fourth-order valence-electron chi connectivity index (χ4n) is 3.38. The van der Waals surface area contributed by atoms with Gasteiger partial charge in [-0.2, -0.15) is 11.8 Å². The van der Waals surface area contributed by atoms with Gasteiger partial charge in [0.2, 0.25) is 5.91 Å². The van der Waals surface area contributed by atoms with E-state index in [1.807, 2.05) is 6.26 Å². The van der Waals surface area contributed by atoms with Crippen molar-refractivity contribution in [2.75, 3.05) is 38.8 Å². The number of hydrogen-bond acceptors (Lipinski definition) is 6. The Balaban J connectivity index is 2.03. The van der Waals surface area contributed by atoms with Crippen LogP contribution in [0.3, 0.4) is 0 Å². The number of para-hydroxylation sites is 1. The maximum atomic E-state index is 13.1. The molecule has 1 aromatic carbocycles. The number of carbonyl (C=O) groups excluding carboxylic acids is 3. The Morgan fingerprint density at radius 3 is 2.55 bits per heavy atom. The van der Waals surface area contributed by atoms with Crippen molar-refractivity contribution in [1.82, 2.24) is 10.2 Å². The minimum Gasteiger partial charge on any atom is -0.496 e. The summed E-state index contributed by atoms with van der Waals surface area (Å²) in [7, 11) is 1.51. The molecule has 1 aromatic rings. The molecule has 1 heterocycles. The predicted molar refractivity (Wildman–Crippen MR) is 113 cm³/mol. The summed E-state index contributed by atoms with van der Waals surface area (Å²) in [6.45, 7) is 3.13. The Bertz CT molecular complexity index is 704. The largest absolute Gasteiger partial charge is 0.496 e. The van der Waals surface area contributed by atoms with Gasteiger partial charge in [0.05, 0.1) is 25.2 Å². The molecule has 0 spiro atoms. The number of piperidine rings is 1. The number of nitrogens with one attached hydrogen (secondary N) is 1. The highest BCUT2D eigenvalue weighted by atomic mass is 32.2. The molecule has 8 heteroatoms. The first-order valence-electron chi connectivity index (χ1n) is 9.90. The summed E-state index contributed by atoms with van der Waals surface area (Å²) >= 11 is 1.63. The van der Waals surface area contributed by atoms with Crippen LogP contribution in [-0.4, -0.2) is 67.5 Å². The molecule has 1 atom stereocenters. The summed E-state index contributed by atoms with van der Waals surface area (Å²) in [5.41, 5.74) is 0.401. The number of nitrogens with zero attached hydrogens (tertiary/aromatic N) is 1. The van der Waals surface area contributed by atoms with Crippen LogP contribution in [-0.2, 0) is 14.3 Å². The van der Waals surface area contributed by atoms with E-state index >= 15 is 0 Å². The molecule has 0 aliphatic carbocycles. The summed E-state index contributed by atoms with van der Waals surface area (Å²) in [5.74, 6) is 0.432. The number of methoxy groups -OCH3 is 1. The van der Waals surface area contributed by atoms with E-state index in [0.717, 1.165) is 5.75 Å². The molecule has 1 saturated heterocycles. The monoisotopic (exact) mass is 422 g/mol. The summed E-state index contributed by atoms with van der Waals surface area (Å²) in [4.78, 5) is 39.5. The average Bonchev–Trinajstić information content (AvgIpc) is 2.76. The van der Waals surface area contributed by atoms with Crippen molar-refractivity contribution >= 4 is 29.5 Å². The molecule has 1 fully saturated rings. The third kappa shape index (κ3) is 6.39. The molecule has 7 nitrogen and oxygen atoms in total. The zero-order valence-electron chi connectivity index (χ0n) is 17.3. The average molecular weight is 423 g/mol. The van der Waals surface area contributed by atoms with Crippen LogP contribution in [0.5, 0.6) is 5.75 Å². The third-order valence-corrected chi connectivity index (χ3v) is 5.64. The van der Waals surface area contributed by atoms with E-state index in [2.05, 4.69) is 5.32 Å². The van der Waals surface area contributed by atoms with Crippen LogP contribution in [0.4, 0.5) is 0 Å². The molecular formula is C21H30N2O5S. The number of carbonyl (C=O) groups is 3. The van der Waals surface area contributed by atoms with Gasteiger partial charge in [-0.05, 0) is 50.3 Å². The van der Waals surface area contributed by atoms with Gasteiger partial charge in [0.25, 0.3) is 5.91 Å². The number of esters is 1. The summed E-state index contributed by atoms with van der Waals surface area (Å²) in [6, 6.07) is 6.33. The Morgan fingerprint density at radius 1 is 1.24 bits per heavy atom. The number of rotatable bonds is 9. The second-order valence-electron chi connectivity index (χ2n) is 6.86. The first-order valence-corrected chi connectivity index (χ1v) is 11.3. The molecule has 0 aromatic heterocycles. The highest BCUT2D eigenvalue weighted by Gasteiger charge is 2.32. The van der Waals surface area contributed by atoms with E-state index < -0.39 is 6.04 Å². The van der Waals surface area contributed by atoms with Crippen LogP contribution in [0.25, 0.3) is 0 Å². The van der Waals surface area contributed by atoms with Crippen molar-refractivity contribution in [3.05, 3.63) is 29.8 Å². The van der Waals surface area contributed by atoms with Crippen LogP contribution >= 0.6 is 11.8 Å². The van der Waals surface area contributed by atoms with Crippen LogP contribution in [0.2, 0.25) is 0 Å². The SMILES string of the molecule is CCOC(=O)C1CCN(C(=O)[C@@H](CCSC)NC(=O)c2ccccc2OC)CC1. The van der Waals surface area contributed by atoms with Crippen molar-refractivity contribution in [2.45, 2.75) is 32.2 Å². The molecule has 1 N–H and O–H groups in total. The molecule has 2 rings (SSSR count). The highest BCUT2D eigenvalue weighted by Crippen LogP contribution is 2.21. The Labute approximate surface area is 176 Å². The number of likely N-dealkylation sites (tertiary alicyclic amines) is 1. The number of amides is 2. The van der Waals surface area contributed by atoms with Gasteiger partial charge in [-0.15, -0.1) is 0 Å². The fourth-order valence-corrected chi connectivity index (χ4v) is 3.85. The summed E-state index contributed by atoms with van der Waals surface area (Å²) < 4.78 is 10.3. The van der Waals surface area contributed by atoms with Gasteiger partial charge in [-0.25, -0.2) is 0 Å². The smallest absolute Gasteiger partial charge is 0.309 e. The van der Waals surface area contributed by atoms with Crippen molar-refractivity contribution in [1.29, 1.82) is 0 Å². The maximum absolute atomic E-state index is 13.1. The van der Waals surface area contributed by atoms with Gasteiger partial charge < -0.3 is 19.7 Å². The van der Waals surface area contributed by atoms with E-state index in [0.29, 0.717) is 50.3 Å². The van der Waals surface area contributed by atoms with Gasteiger partial charge in [-0.1, -0.05) is 12.1 Å². The molecule has 0 bridgehead atoms.